The maximum Gasteiger partial charge on any atom is 0.347 e. The molecule has 1 aliphatic carbocycles. The molecule has 1 saturated carbocycles. The second kappa shape index (κ2) is 10.9. The number of allylic oxidation sites excluding steroid dienone is 2. The number of carbonyl (C=O) groups is 2. The van der Waals surface area contributed by atoms with Crippen LogP contribution in [-0.4, -0.2) is 43.0 Å². The van der Waals surface area contributed by atoms with Crippen molar-refractivity contribution in [2.75, 3.05) is 12.5 Å². The third kappa shape index (κ3) is 4.20. The predicted octanol–water partition coefficient (Wildman–Crippen LogP) is 4.08. The van der Waals surface area contributed by atoms with Gasteiger partial charge in [-0.1, -0.05) is 29.8 Å². The van der Waals surface area contributed by atoms with Crippen molar-refractivity contribution in [1.29, 1.82) is 0 Å². The molecule has 3 aliphatic rings. The van der Waals surface area contributed by atoms with Crippen LogP contribution in [0.25, 0.3) is 0 Å². The molecule has 0 unspecified atom stereocenters. The summed E-state index contributed by atoms with van der Waals surface area (Å²) in [6.45, 7) is 0.0601. The number of phenols is 1. The van der Waals surface area contributed by atoms with Gasteiger partial charge in [-0.3, -0.25) is 15.0 Å². The summed E-state index contributed by atoms with van der Waals surface area (Å²) in [5.74, 6) is -3.44. The van der Waals surface area contributed by atoms with Gasteiger partial charge in [0.1, 0.15) is 5.82 Å². The number of aromatic nitrogens is 3. The third-order valence-corrected chi connectivity index (χ3v) is 10.4. The van der Waals surface area contributed by atoms with Crippen molar-refractivity contribution in [3.8, 4) is 11.5 Å². The van der Waals surface area contributed by atoms with E-state index in [4.69, 9.17) is 16.3 Å². The predicted molar refractivity (Wildman–Crippen MR) is 174 cm³/mol. The third-order valence-electron chi connectivity index (χ3n) is 9.31. The fourth-order valence-corrected chi connectivity index (χ4v) is 8.07. The van der Waals surface area contributed by atoms with Crippen molar-refractivity contribution in [3.05, 3.63) is 119 Å². The van der Waals surface area contributed by atoms with Crippen molar-refractivity contribution in [3.63, 3.8) is 0 Å². The lowest BCUT2D eigenvalue weighted by molar-refractivity contribution is -0.138. The molecular formula is C32H26ClFIN5O6. The van der Waals surface area contributed by atoms with Crippen molar-refractivity contribution >= 4 is 51.7 Å². The zero-order valence-corrected chi connectivity index (χ0v) is 27.3. The van der Waals surface area contributed by atoms with Crippen molar-refractivity contribution in [2.24, 2.45) is 13.0 Å². The Morgan fingerprint density at radius 2 is 1.74 bits per heavy atom. The first-order chi connectivity index (χ1) is 22.0. The lowest BCUT2D eigenvalue weighted by atomic mass is 9.53. The first kappa shape index (κ1) is 30.3. The van der Waals surface area contributed by atoms with Crippen LogP contribution in [0.4, 0.5) is 10.1 Å². The van der Waals surface area contributed by atoms with E-state index >= 15 is 4.79 Å². The van der Waals surface area contributed by atoms with Crippen LogP contribution in [0, 0.1) is 15.3 Å². The van der Waals surface area contributed by atoms with E-state index < -0.39 is 52.3 Å². The number of hydrazine groups is 1. The van der Waals surface area contributed by atoms with Crippen LogP contribution >= 0.6 is 34.2 Å². The van der Waals surface area contributed by atoms with Crippen LogP contribution in [-0.2, 0) is 28.6 Å². The van der Waals surface area contributed by atoms with Gasteiger partial charge in [0, 0.05) is 18.0 Å². The summed E-state index contributed by atoms with van der Waals surface area (Å²) in [4.78, 5) is 56.1. The number of methoxy groups -OCH3 is 1. The highest BCUT2D eigenvalue weighted by molar-refractivity contribution is 14.1. The first-order valence-corrected chi connectivity index (χ1v) is 15.8. The van der Waals surface area contributed by atoms with E-state index in [0.717, 1.165) is 9.58 Å². The maximum atomic E-state index is 15.1. The SMILES string of the molecule is COc1cc([C@H]2C3=CCn4c(=O)n(C)c(=O)n4[C@@H]3C[C@H]3C(=O)N(Nc4ccc(F)cc4)C(=O)[C@@]23c2ccc(Cl)cc2)cc(I)c1O. The van der Waals surface area contributed by atoms with Crippen LogP contribution in [0.3, 0.4) is 0 Å². The summed E-state index contributed by atoms with van der Waals surface area (Å²) in [6.07, 6.45) is 1.86. The molecule has 0 bridgehead atoms. The molecule has 11 nitrogen and oxygen atoms in total. The smallest absolute Gasteiger partial charge is 0.347 e. The molecule has 0 radical (unpaired) electrons. The molecule has 3 aromatic carbocycles. The number of phenolic OH excluding ortho intramolecular Hbond substituents is 1. The molecule has 2 aliphatic heterocycles. The first-order valence-electron chi connectivity index (χ1n) is 14.3. The van der Waals surface area contributed by atoms with E-state index in [1.54, 1.807) is 36.4 Å². The Kier molecular flexibility index (Phi) is 7.16. The van der Waals surface area contributed by atoms with Crippen molar-refractivity contribution in [2.45, 2.75) is 30.3 Å². The van der Waals surface area contributed by atoms with Gasteiger partial charge in [0.2, 0.25) is 0 Å². The molecule has 2 fully saturated rings. The van der Waals surface area contributed by atoms with Crippen LogP contribution in [0.5, 0.6) is 11.5 Å². The summed E-state index contributed by atoms with van der Waals surface area (Å²) < 4.78 is 23.4. The van der Waals surface area contributed by atoms with Crippen molar-refractivity contribution < 1.29 is 23.8 Å². The molecular weight excluding hydrogens is 732 g/mol. The molecule has 236 valence electrons. The maximum absolute atomic E-state index is 15.1. The van der Waals surface area contributed by atoms with E-state index in [2.05, 4.69) is 5.43 Å². The number of nitrogens with one attached hydrogen (secondary N) is 1. The molecule has 2 N–H and O–H groups in total. The number of benzene rings is 3. The van der Waals surface area contributed by atoms with Crippen LogP contribution in [0.2, 0.25) is 5.02 Å². The van der Waals surface area contributed by atoms with Crippen molar-refractivity contribution in [1.82, 2.24) is 18.9 Å². The number of hydrogen-bond donors (Lipinski definition) is 2. The largest absolute Gasteiger partial charge is 0.504 e. The van der Waals surface area contributed by atoms with Crippen LogP contribution < -0.4 is 21.5 Å². The van der Waals surface area contributed by atoms with Crippen LogP contribution in [0.1, 0.15) is 29.5 Å². The number of ether oxygens (including phenoxy) is 1. The molecule has 46 heavy (non-hydrogen) atoms. The van der Waals surface area contributed by atoms with Gasteiger partial charge in [-0.15, -0.1) is 0 Å². The zero-order chi connectivity index (χ0) is 32.7. The molecule has 0 spiro atoms. The normalized spacial score (nSPS) is 23.5. The lowest BCUT2D eigenvalue weighted by Crippen LogP contribution is -2.53. The average Bonchev–Trinajstić information content (AvgIpc) is 3.40. The Morgan fingerprint density at radius 1 is 1.04 bits per heavy atom. The number of amides is 2. The fourth-order valence-electron chi connectivity index (χ4n) is 7.32. The Balaban J connectivity index is 1.53. The number of nitrogens with zero attached hydrogens (tertiary/aromatic N) is 4. The average molecular weight is 758 g/mol. The Bertz CT molecular complexity index is 2090. The van der Waals surface area contributed by atoms with Crippen LogP contribution in [0.15, 0.2) is 81.9 Å². The van der Waals surface area contributed by atoms with Gasteiger partial charge in [-0.05, 0) is 94.2 Å². The Labute approximate surface area is 279 Å². The summed E-state index contributed by atoms with van der Waals surface area (Å²) in [5, 5.41) is 12.1. The number of halogens is 3. The standard InChI is InChI=1S/C32H26ClFIN5O6/c1-37-30(44)38-12-11-21-24(40(38)31(37)45)15-22-28(42)39(36-20-9-7-19(34)8-10-20)29(43)32(22,17-3-5-18(33)6-4-17)26(21)16-13-23(35)27(41)25(14-16)46-2/h3-11,13-14,22,24,26,36,41H,12,15H2,1-2H3/t22-,24+,26-,32+/m0/s1. The minimum Gasteiger partial charge on any atom is -0.504 e. The molecule has 3 heterocycles. The molecule has 1 aromatic heterocycles. The van der Waals surface area contributed by atoms with Gasteiger partial charge < -0.3 is 9.84 Å². The summed E-state index contributed by atoms with van der Waals surface area (Å²) >= 11 is 8.28. The summed E-state index contributed by atoms with van der Waals surface area (Å²) in [5.41, 5.74) is 2.33. The quantitative estimate of drug-likeness (QED) is 0.179. The highest BCUT2D eigenvalue weighted by Gasteiger charge is 2.68. The Hall–Kier alpha value is -4.37. The molecule has 4 atom stereocenters. The highest BCUT2D eigenvalue weighted by atomic mass is 127. The Morgan fingerprint density at radius 3 is 2.41 bits per heavy atom. The molecule has 14 heteroatoms. The zero-order valence-electron chi connectivity index (χ0n) is 24.4. The second-order valence-electron chi connectivity index (χ2n) is 11.5. The number of rotatable bonds is 5. The molecule has 4 aromatic rings. The second-order valence-corrected chi connectivity index (χ2v) is 13.1. The number of imide groups is 1. The number of carbonyl (C=O) groups excluding carboxylic acids is 2. The number of aromatic hydroxyl groups is 1. The number of fused-ring (bicyclic) bond motifs is 4. The monoisotopic (exact) mass is 757 g/mol. The van der Waals surface area contributed by atoms with E-state index in [1.165, 1.54) is 47.8 Å². The van der Waals surface area contributed by atoms with E-state index in [0.29, 0.717) is 31.0 Å². The minimum atomic E-state index is -1.57. The van der Waals surface area contributed by atoms with Gasteiger partial charge in [0.25, 0.3) is 11.8 Å². The van der Waals surface area contributed by atoms with Gasteiger partial charge in [0.05, 0.1) is 40.3 Å². The van der Waals surface area contributed by atoms with Gasteiger partial charge in [-0.2, -0.15) is 5.01 Å². The fraction of sp³-hybridized carbons (Fsp3) is 0.250. The number of anilines is 1. The van der Waals surface area contributed by atoms with E-state index in [9.17, 15) is 23.9 Å². The van der Waals surface area contributed by atoms with Gasteiger partial charge >= 0.3 is 11.4 Å². The van der Waals surface area contributed by atoms with Gasteiger partial charge in [0.15, 0.2) is 11.5 Å². The molecule has 1 saturated heterocycles. The van der Waals surface area contributed by atoms with Gasteiger partial charge in [-0.25, -0.2) is 27.9 Å². The topological polar surface area (TPSA) is 128 Å². The summed E-state index contributed by atoms with van der Waals surface area (Å²) in [6, 6.07) is 14.6. The molecule has 2 amide bonds. The minimum absolute atomic E-state index is 0.0206. The lowest BCUT2D eigenvalue weighted by Gasteiger charge is -2.49. The number of hydrogen-bond acceptors (Lipinski definition) is 7. The summed E-state index contributed by atoms with van der Waals surface area (Å²) in [7, 11) is 2.81. The van der Waals surface area contributed by atoms with E-state index in [1.807, 2.05) is 28.7 Å². The molecule has 7 rings (SSSR count). The highest BCUT2D eigenvalue weighted by Crippen LogP contribution is 2.62. The van der Waals surface area contributed by atoms with E-state index in [-0.39, 0.29) is 24.5 Å².